The highest BCUT2D eigenvalue weighted by Crippen LogP contribution is 2.68. The van der Waals surface area contributed by atoms with Crippen molar-refractivity contribution in [3.8, 4) is 0 Å². The summed E-state index contributed by atoms with van der Waals surface area (Å²) < 4.78 is 12.1. The topological polar surface area (TPSA) is 139 Å². The van der Waals surface area contributed by atoms with Gasteiger partial charge in [0.2, 0.25) is 5.91 Å². The molecule has 10 heteroatoms. The number of ketones is 1. The van der Waals surface area contributed by atoms with Gasteiger partial charge in [0.05, 0.1) is 31.2 Å². The number of hydrogen-bond donors (Lipinski definition) is 3. The van der Waals surface area contributed by atoms with Crippen molar-refractivity contribution in [2.24, 2.45) is 39.7 Å². The van der Waals surface area contributed by atoms with E-state index in [4.69, 9.17) is 15.2 Å². The normalized spacial score (nSPS) is 42.4. The van der Waals surface area contributed by atoms with Gasteiger partial charge in [-0.1, -0.05) is 33.8 Å². The highest BCUT2D eigenvalue weighted by Gasteiger charge is 2.68. The fourth-order valence-electron chi connectivity index (χ4n) is 8.30. The van der Waals surface area contributed by atoms with Crippen LogP contribution >= 0.6 is 11.8 Å². The van der Waals surface area contributed by atoms with Crippen molar-refractivity contribution in [2.45, 2.75) is 84.2 Å². The molecule has 0 aromatic rings. The van der Waals surface area contributed by atoms with Crippen LogP contribution in [0.15, 0.2) is 12.7 Å². The second kappa shape index (κ2) is 12.0. The van der Waals surface area contributed by atoms with Gasteiger partial charge >= 0.3 is 5.97 Å². The molecule has 0 aromatic carbocycles. The summed E-state index contributed by atoms with van der Waals surface area (Å²) >= 11 is 1.39. The maximum atomic E-state index is 13.5. The second-order valence-electron chi connectivity index (χ2n) is 13.1. The highest BCUT2D eigenvalue weighted by atomic mass is 32.2. The molecule has 3 saturated carbocycles. The minimum Gasteiger partial charge on any atom is -0.461 e. The number of nitrogens with two attached hydrogens (primary N) is 1. The largest absolute Gasteiger partial charge is 0.461 e. The van der Waals surface area contributed by atoms with Crippen LogP contribution in [0, 0.1) is 34.0 Å². The molecule has 4 aliphatic rings. The number of carbonyl (C=O) groups is 3. The smallest absolute Gasteiger partial charge is 0.316 e. The molecule has 0 spiro atoms. The molecule has 0 radical (unpaired) electrons. The third-order valence-corrected chi connectivity index (χ3v) is 12.1. The number of rotatable bonds is 8. The summed E-state index contributed by atoms with van der Waals surface area (Å²) in [6, 6.07) is -0.943. The predicted molar refractivity (Wildman–Crippen MR) is 153 cm³/mol. The van der Waals surface area contributed by atoms with Gasteiger partial charge in [-0.05, 0) is 42.9 Å². The van der Waals surface area contributed by atoms with E-state index in [9.17, 15) is 24.6 Å². The minimum absolute atomic E-state index is 0.0696. The zero-order chi connectivity index (χ0) is 29.5. The number of hydrogen-bond acceptors (Lipinski definition) is 9. The lowest BCUT2D eigenvalue weighted by molar-refractivity contribution is -0.205. The first-order valence-electron chi connectivity index (χ1n) is 14.7. The fraction of sp³-hybridized carbons (Fsp3) is 0.833. The summed E-state index contributed by atoms with van der Waals surface area (Å²) in [7, 11) is 0. The molecule has 226 valence electrons. The SMILES string of the molecule is C=C[C@]1(C)C[C@@H](OC(=O)CSCC2CN(C(=O)[C@H](N)CO)CCO2)[C@]2(C)C(C)CC[C@]3(CCC(=O)C32)[C@@H](C)[C@@H]1O. The average Bonchev–Trinajstić information content (AvgIpc) is 3.30. The molecule has 2 bridgehead atoms. The Bertz CT molecular complexity index is 995. The fourth-order valence-corrected chi connectivity index (χ4v) is 9.12. The number of morpholine rings is 1. The van der Waals surface area contributed by atoms with Crippen LogP contribution in [0.3, 0.4) is 0 Å². The molecular weight excluding hydrogens is 532 g/mol. The number of Topliss-reactive ketones (excluding diaryl/α,β-unsaturated/α-hetero) is 1. The van der Waals surface area contributed by atoms with E-state index in [0.29, 0.717) is 38.3 Å². The van der Waals surface area contributed by atoms with Gasteiger partial charge in [0.1, 0.15) is 17.9 Å². The van der Waals surface area contributed by atoms with E-state index >= 15 is 0 Å². The number of ether oxygens (including phenoxy) is 2. The molecule has 1 heterocycles. The molecule has 3 aliphatic carbocycles. The van der Waals surface area contributed by atoms with Crippen LogP contribution in [0.1, 0.15) is 59.8 Å². The lowest BCUT2D eigenvalue weighted by Gasteiger charge is -2.61. The number of thioether (sulfide) groups is 1. The summed E-state index contributed by atoms with van der Waals surface area (Å²) in [6.07, 6.45) is 3.83. The van der Waals surface area contributed by atoms with Crippen molar-refractivity contribution in [3.05, 3.63) is 12.7 Å². The Balaban J connectivity index is 1.48. The molecule has 4 rings (SSSR count). The monoisotopic (exact) mass is 580 g/mol. The lowest BCUT2D eigenvalue weighted by atomic mass is 9.44. The van der Waals surface area contributed by atoms with E-state index in [-0.39, 0.29) is 52.7 Å². The summed E-state index contributed by atoms with van der Waals surface area (Å²) in [5.41, 5.74) is 4.19. The maximum absolute atomic E-state index is 13.5. The molecule has 40 heavy (non-hydrogen) atoms. The Labute approximate surface area is 242 Å². The molecule has 1 saturated heterocycles. The first-order chi connectivity index (χ1) is 18.8. The second-order valence-corrected chi connectivity index (χ2v) is 14.2. The van der Waals surface area contributed by atoms with Crippen LogP contribution in [-0.2, 0) is 23.9 Å². The van der Waals surface area contributed by atoms with Crippen LogP contribution in [0.25, 0.3) is 0 Å². The van der Waals surface area contributed by atoms with Crippen molar-refractivity contribution >= 4 is 29.4 Å². The van der Waals surface area contributed by atoms with Gasteiger partial charge in [-0.15, -0.1) is 18.3 Å². The maximum Gasteiger partial charge on any atom is 0.316 e. The van der Waals surface area contributed by atoms with E-state index in [0.717, 1.165) is 19.3 Å². The van der Waals surface area contributed by atoms with E-state index in [2.05, 4.69) is 27.4 Å². The number of amides is 1. The van der Waals surface area contributed by atoms with Crippen molar-refractivity contribution in [2.75, 3.05) is 37.8 Å². The zero-order valence-corrected chi connectivity index (χ0v) is 25.3. The van der Waals surface area contributed by atoms with Crippen LogP contribution < -0.4 is 5.73 Å². The number of aliphatic hydroxyl groups excluding tert-OH is 2. The standard InChI is InChI=1S/C30H48N2O7S/c1-6-28(4)13-23(29(5)18(2)7-9-30(19(3)26(28)36)10-8-22(34)25(29)30)39-24(35)17-40-16-20-14-32(11-12-38-20)27(37)21(31)15-33/h6,18-21,23,25-26,33,36H,1,7-17,31H2,2-5H3/t18?,19-,20?,21+,23+,25?,26-,28+,29-,30-/m0/s1. The molecule has 4 N–H and O–H groups in total. The van der Waals surface area contributed by atoms with Crippen molar-refractivity contribution in [1.82, 2.24) is 4.90 Å². The van der Waals surface area contributed by atoms with Crippen LogP contribution in [-0.4, -0.2) is 94.9 Å². The van der Waals surface area contributed by atoms with Gasteiger partial charge in [-0.25, -0.2) is 0 Å². The molecule has 0 aromatic heterocycles. The number of carbonyl (C=O) groups excluding carboxylic acids is 3. The highest BCUT2D eigenvalue weighted by molar-refractivity contribution is 7.99. The van der Waals surface area contributed by atoms with Gasteiger partial charge in [0, 0.05) is 42.0 Å². The van der Waals surface area contributed by atoms with Crippen LogP contribution in [0.2, 0.25) is 0 Å². The molecule has 1 aliphatic heterocycles. The Morgan fingerprint density at radius 3 is 2.73 bits per heavy atom. The molecule has 10 atom stereocenters. The molecule has 4 fully saturated rings. The first kappa shape index (κ1) is 31.5. The quantitative estimate of drug-likeness (QED) is 0.291. The van der Waals surface area contributed by atoms with Crippen LogP contribution in [0.4, 0.5) is 0 Å². The number of nitrogens with zero attached hydrogens (tertiary/aromatic N) is 1. The third kappa shape index (κ3) is 5.39. The van der Waals surface area contributed by atoms with Crippen molar-refractivity contribution in [3.63, 3.8) is 0 Å². The minimum atomic E-state index is -0.943. The number of aliphatic hydroxyl groups is 2. The van der Waals surface area contributed by atoms with Gasteiger partial charge in [-0.2, -0.15) is 0 Å². The Morgan fingerprint density at radius 1 is 1.32 bits per heavy atom. The first-order valence-corrected chi connectivity index (χ1v) is 15.9. The summed E-state index contributed by atoms with van der Waals surface area (Å²) in [4.78, 5) is 40.8. The molecular formula is C30H48N2O7S. The Morgan fingerprint density at radius 2 is 2.05 bits per heavy atom. The van der Waals surface area contributed by atoms with Gasteiger partial charge in [0.15, 0.2) is 0 Å². The van der Waals surface area contributed by atoms with Gasteiger partial charge in [-0.3, -0.25) is 14.4 Å². The summed E-state index contributed by atoms with van der Waals surface area (Å²) in [5.74, 6) is 0.0375. The van der Waals surface area contributed by atoms with E-state index in [1.54, 1.807) is 11.0 Å². The van der Waals surface area contributed by atoms with Crippen LogP contribution in [0.5, 0.6) is 0 Å². The average molecular weight is 581 g/mol. The van der Waals surface area contributed by atoms with Gasteiger partial charge in [0.25, 0.3) is 0 Å². The zero-order valence-electron chi connectivity index (χ0n) is 24.5. The van der Waals surface area contributed by atoms with Gasteiger partial charge < -0.3 is 30.3 Å². The molecule has 3 unspecified atom stereocenters. The van der Waals surface area contributed by atoms with E-state index in [1.807, 2.05) is 6.92 Å². The van der Waals surface area contributed by atoms with Crippen molar-refractivity contribution in [1.29, 1.82) is 0 Å². The Hall–Kier alpha value is -1.46. The van der Waals surface area contributed by atoms with E-state index < -0.39 is 35.7 Å². The van der Waals surface area contributed by atoms with Crippen molar-refractivity contribution < 1.29 is 34.1 Å². The predicted octanol–water partition coefficient (Wildman–Crippen LogP) is 2.17. The number of esters is 1. The lowest BCUT2D eigenvalue weighted by Crippen LogP contribution is -2.63. The van der Waals surface area contributed by atoms with E-state index in [1.165, 1.54) is 11.8 Å². The summed E-state index contributed by atoms with van der Waals surface area (Å²) in [6.45, 7) is 13.2. The Kier molecular flexibility index (Phi) is 9.47. The molecule has 9 nitrogen and oxygen atoms in total. The third-order valence-electron chi connectivity index (χ3n) is 11.1. The molecule has 1 amide bonds. The summed E-state index contributed by atoms with van der Waals surface area (Å²) in [5, 5.41) is 20.9.